The highest BCUT2D eigenvalue weighted by atomic mass is 32.2. The molecule has 0 saturated carbocycles. The summed E-state index contributed by atoms with van der Waals surface area (Å²) >= 11 is 0. The van der Waals surface area contributed by atoms with Crippen LogP contribution in [-0.2, 0) is 14.8 Å². The van der Waals surface area contributed by atoms with Crippen molar-refractivity contribution in [2.45, 2.75) is 45.1 Å². The van der Waals surface area contributed by atoms with Crippen LogP contribution in [0.3, 0.4) is 0 Å². The molecule has 0 unspecified atom stereocenters. The third-order valence-electron chi connectivity index (χ3n) is 2.87. The molecule has 0 saturated heterocycles. The lowest BCUT2D eigenvalue weighted by Gasteiger charge is -2.20. The zero-order valence-corrected chi connectivity index (χ0v) is 13.5. The summed E-state index contributed by atoms with van der Waals surface area (Å²) in [5.74, 6) is 0.646. The van der Waals surface area contributed by atoms with Crippen LogP contribution in [0.1, 0.15) is 31.9 Å². The van der Waals surface area contributed by atoms with E-state index >= 15 is 0 Å². The molecule has 1 aromatic rings. The van der Waals surface area contributed by atoms with Gasteiger partial charge in [0.25, 0.3) is 0 Å². The molecule has 0 aliphatic rings. The van der Waals surface area contributed by atoms with Gasteiger partial charge in [-0.2, -0.15) is 0 Å². The van der Waals surface area contributed by atoms with E-state index in [-0.39, 0.29) is 10.5 Å². The van der Waals surface area contributed by atoms with E-state index in [0.717, 1.165) is 5.56 Å². The Balaban J connectivity index is 2.77. The van der Waals surface area contributed by atoms with Crippen LogP contribution in [-0.4, -0.2) is 27.2 Å². The Labute approximate surface area is 121 Å². The molecular weight excluding hydrogens is 278 g/mol. The summed E-state index contributed by atoms with van der Waals surface area (Å²) in [6, 6.07) is 3.09. The predicted molar refractivity (Wildman–Crippen MR) is 78.5 cm³/mol. The molecule has 0 spiro atoms. The highest BCUT2D eigenvalue weighted by molar-refractivity contribution is 7.89. The summed E-state index contributed by atoms with van der Waals surface area (Å²) in [4.78, 5) is 0.133. The van der Waals surface area contributed by atoms with E-state index in [0.29, 0.717) is 24.5 Å². The number of hydrogen-bond acceptors (Lipinski definition) is 4. The van der Waals surface area contributed by atoms with Gasteiger partial charge >= 0.3 is 0 Å². The maximum absolute atomic E-state index is 11.4. The minimum atomic E-state index is -3.70. The average Bonchev–Trinajstić information content (AvgIpc) is 2.26. The summed E-state index contributed by atoms with van der Waals surface area (Å²) in [6.07, 6.45) is 0. The second-order valence-corrected chi connectivity index (χ2v) is 7.20. The quantitative estimate of drug-likeness (QED) is 0.845. The first-order valence-electron chi connectivity index (χ1n) is 6.42. The third-order valence-corrected chi connectivity index (χ3v) is 3.93. The zero-order chi connectivity index (χ0) is 15.6. The highest BCUT2D eigenvalue weighted by Gasteiger charge is 2.15. The highest BCUT2D eigenvalue weighted by Crippen LogP contribution is 2.26. The van der Waals surface area contributed by atoms with Gasteiger partial charge in [-0.1, -0.05) is 0 Å². The van der Waals surface area contributed by atoms with E-state index in [9.17, 15) is 8.42 Å². The monoisotopic (exact) mass is 301 g/mol. The Morgan fingerprint density at radius 3 is 2.20 bits per heavy atom. The molecule has 20 heavy (non-hydrogen) atoms. The van der Waals surface area contributed by atoms with E-state index < -0.39 is 10.0 Å². The Bertz CT molecular complexity index is 574. The molecule has 114 valence electrons. The summed E-state index contributed by atoms with van der Waals surface area (Å²) < 4.78 is 34.0. The van der Waals surface area contributed by atoms with Crippen LogP contribution in [0.15, 0.2) is 17.0 Å². The van der Waals surface area contributed by atoms with Gasteiger partial charge in [-0.3, -0.25) is 0 Å². The number of primary sulfonamides is 1. The van der Waals surface area contributed by atoms with Crippen molar-refractivity contribution in [2.24, 2.45) is 5.14 Å². The summed E-state index contributed by atoms with van der Waals surface area (Å²) in [5.41, 5.74) is 1.18. The molecule has 1 aromatic carbocycles. The van der Waals surface area contributed by atoms with E-state index in [1.165, 1.54) is 6.07 Å². The average molecular weight is 301 g/mol. The molecule has 0 aliphatic carbocycles. The fraction of sp³-hybridized carbons (Fsp3) is 0.571. The second-order valence-electron chi connectivity index (χ2n) is 5.67. The summed E-state index contributed by atoms with van der Waals surface area (Å²) in [6.45, 7) is 10.3. The first kappa shape index (κ1) is 16.9. The van der Waals surface area contributed by atoms with Crippen molar-refractivity contribution in [1.82, 2.24) is 0 Å². The lowest BCUT2D eigenvalue weighted by molar-refractivity contribution is -0.0163. The van der Waals surface area contributed by atoms with Crippen LogP contribution in [0.2, 0.25) is 0 Å². The molecule has 6 heteroatoms. The lowest BCUT2D eigenvalue weighted by atomic mass is 10.1. The molecular formula is C14H23NO4S. The van der Waals surface area contributed by atoms with Crippen molar-refractivity contribution >= 4 is 10.0 Å². The van der Waals surface area contributed by atoms with Crippen LogP contribution in [0.25, 0.3) is 0 Å². The van der Waals surface area contributed by atoms with E-state index in [1.807, 2.05) is 27.7 Å². The van der Waals surface area contributed by atoms with Gasteiger partial charge in [0.2, 0.25) is 10.0 Å². The number of nitrogens with two attached hydrogens (primary N) is 1. The molecule has 0 bridgehead atoms. The lowest BCUT2D eigenvalue weighted by Crippen LogP contribution is -2.22. The normalized spacial score (nSPS) is 12.5. The summed E-state index contributed by atoms with van der Waals surface area (Å²) in [7, 11) is -3.70. The predicted octanol–water partition coefficient (Wildman–Crippen LogP) is 2.14. The minimum absolute atomic E-state index is 0.133. The summed E-state index contributed by atoms with van der Waals surface area (Å²) in [5, 5.41) is 5.16. The van der Waals surface area contributed by atoms with Crippen LogP contribution < -0.4 is 9.88 Å². The van der Waals surface area contributed by atoms with E-state index in [4.69, 9.17) is 14.6 Å². The van der Waals surface area contributed by atoms with Crippen molar-refractivity contribution in [2.75, 3.05) is 13.2 Å². The van der Waals surface area contributed by atoms with Crippen molar-refractivity contribution < 1.29 is 17.9 Å². The van der Waals surface area contributed by atoms with Gasteiger partial charge < -0.3 is 9.47 Å². The van der Waals surface area contributed by atoms with Gasteiger partial charge in [-0.15, -0.1) is 0 Å². The van der Waals surface area contributed by atoms with Crippen LogP contribution in [0, 0.1) is 13.8 Å². The Kier molecular flexibility index (Phi) is 5.18. The van der Waals surface area contributed by atoms with Crippen molar-refractivity contribution in [3.8, 4) is 5.75 Å². The van der Waals surface area contributed by atoms with Crippen LogP contribution in [0.4, 0.5) is 0 Å². The van der Waals surface area contributed by atoms with Gasteiger partial charge in [0.15, 0.2) is 0 Å². The molecule has 1 rings (SSSR count). The van der Waals surface area contributed by atoms with E-state index in [1.54, 1.807) is 13.0 Å². The number of rotatable bonds is 5. The number of sulfonamides is 1. The van der Waals surface area contributed by atoms with Gasteiger partial charge in [0.05, 0.1) is 17.1 Å². The van der Waals surface area contributed by atoms with Crippen LogP contribution in [0.5, 0.6) is 5.75 Å². The zero-order valence-electron chi connectivity index (χ0n) is 12.7. The Morgan fingerprint density at radius 1 is 1.10 bits per heavy atom. The molecule has 2 N–H and O–H groups in total. The first-order valence-corrected chi connectivity index (χ1v) is 7.97. The maximum Gasteiger partial charge on any atom is 0.238 e. The van der Waals surface area contributed by atoms with E-state index in [2.05, 4.69) is 0 Å². The third kappa shape index (κ3) is 4.77. The minimum Gasteiger partial charge on any atom is -0.491 e. The van der Waals surface area contributed by atoms with Crippen LogP contribution >= 0.6 is 0 Å². The molecule has 0 fully saturated rings. The molecule has 0 aromatic heterocycles. The Hall–Kier alpha value is -1.11. The van der Waals surface area contributed by atoms with Crippen molar-refractivity contribution in [3.05, 3.63) is 23.3 Å². The van der Waals surface area contributed by atoms with Gasteiger partial charge in [0.1, 0.15) is 12.4 Å². The van der Waals surface area contributed by atoms with Gasteiger partial charge in [0, 0.05) is 0 Å². The standard InChI is InChI=1S/C14H23NO4S/c1-10-11(2)13(20(15,16)17)7-6-12(10)18-8-9-19-14(3,4)5/h6-7H,8-9H2,1-5H3,(H2,15,16,17). The van der Waals surface area contributed by atoms with Gasteiger partial charge in [-0.05, 0) is 57.9 Å². The second kappa shape index (κ2) is 6.11. The number of benzene rings is 1. The molecule has 0 amide bonds. The van der Waals surface area contributed by atoms with Crippen molar-refractivity contribution in [3.63, 3.8) is 0 Å². The fourth-order valence-electron chi connectivity index (χ4n) is 1.74. The molecule has 5 nitrogen and oxygen atoms in total. The fourth-order valence-corrected chi connectivity index (χ4v) is 2.57. The molecule has 0 heterocycles. The van der Waals surface area contributed by atoms with Gasteiger partial charge in [-0.25, -0.2) is 13.6 Å². The maximum atomic E-state index is 11.4. The smallest absolute Gasteiger partial charge is 0.238 e. The largest absolute Gasteiger partial charge is 0.491 e. The number of hydrogen-bond donors (Lipinski definition) is 1. The molecule has 0 atom stereocenters. The first-order chi connectivity index (χ1) is 9.02. The molecule has 0 radical (unpaired) electrons. The Morgan fingerprint density at radius 2 is 1.70 bits per heavy atom. The van der Waals surface area contributed by atoms with Crippen molar-refractivity contribution in [1.29, 1.82) is 0 Å². The SMILES string of the molecule is Cc1c(OCCOC(C)(C)C)ccc(S(N)(=O)=O)c1C. The molecule has 0 aliphatic heterocycles. The topological polar surface area (TPSA) is 78.6 Å². The number of ether oxygens (including phenoxy) is 2.